The van der Waals surface area contributed by atoms with Crippen molar-refractivity contribution >= 4 is 65.7 Å². The Balaban J connectivity index is 1.72. The second-order valence-corrected chi connectivity index (χ2v) is 21.2. The van der Waals surface area contributed by atoms with Crippen LogP contribution in [-0.2, 0) is 49.5 Å². The van der Waals surface area contributed by atoms with Gasteiger partial charge in [-0.25, -0.2) is 14.4 Å². The van der Waals surface area contributed by atoms with Gasteiger partial charge in [-0.2, -0.15) is 15.0 Å². The number of nitrogens with one attached hydrogen (secondary N) is 7. The highest BCUT2D eigenvalue weighted by atomic mass is 16.6. The van der Waals surface area contributed by atoms with Crippen LogP contribution in [0.25, 0.3) is 0 Å². The molecule has 1 aromatic carbocycles. The Hall–Kier alpha value is -7.21. The molecule has 1 aromatic heterocycles. The van der Waals surface area contributed by atoms with Crippen molar-refractivity contribution in [1.82, 2.24) is 51.8 Å². The van der Waals surface area contributed by atoms with Crippen LogP contribution in [0.3, 0.4) is 0 Å². The van der Waals surface area contributed by atoms with E-state index in [0.717, 1.165) is 5.56 Å². The van der Waals surface area contributed by atoms with E-state index in [0.29, 0.717) is 65.0 Å². The first-order chi connectivity index (χ1) is 36.3. The Kier molecular flexibility index (Phi) is 27.5. The maximum Gasteiger partial charge on any atom is 0.407 e. The minimum atomic E-state index is -0.650. The molecule has 1 saturated heterocycles. The Labute approximate surface area is 453 Å². The first-order valence-electron chi connectivity index (χ1n) is 26.5. The van der Waals surface area contributed by atoms with Crippen molar-refractivity contribution in [1.29, 1.82) is 0 Å². The lowest BCUT2D eigenvalue weighted by atomic mass is 10.2. The monoisotopic (exact) mass is 1080 g/mol. The average molecular weight is 1080 g/mol. The SMILES string of the molecule is CC(C)(C)OC(=O)NCCCNC(=O)CCNc1nc(N(CCC(=O)NCCCNC(=O)OC(C)(C)C)CCC(=O)NCCCNC(=O)OC(C)(C)C)nc(N2CCN(C(=O)CCCC(=O)OCc3ccccc3)CC2)n1. The summed E-state index contributed by atoms with van der Waals surface area (Å²) in [6.45, 7) is 19.5. The van der Waals surface area contributed by atoms with Crippen molar-refractivity contribution in [2.45, 2.75) is 144 Å². The second kappa shape index (κ2) is 33.1. The average Bonchev–Trinajstić information content (AvgIpc) is 3.34. The van der Waals surface area contributed by atoms with Gasteiger partial charge in [0.2, 0.25) is 41.5 Å². The number of esters is 1. The van der Waals surface area contributed by atoms with Crippen LogP contribution in [0.2, 0.25) is 0 Å². The topological polar surface area (TPSA) is 306 Å². The van der Waals surface area contributed by atoms with Gasteiger partial charge < -0.3 is 70.9 Å². The number of benzene rings is 1. The molecular formula is C52H85N13O12. The van der Waals surface area contributed by atoms with Gasteiger partial charge in [0.1, 0.15) is 23.4 Å². The molecule has 7 amide bonds. The van der Waals surface area contributed by atoms with E-state index in [-0.39, 0.29) is 132 Å². The Bertz CT molecular complexity index is 2140. The summed E-state index contributed by atoms with van der Waals surface area (Å²) in [6.07, 6.45) is 0.343. The van der Waals surface area contributed by atoms with Gasteiger partial charge in [0.25, 0.3) is 0 Å². The summed E-state index contributed by atoms with van der Waals surface area (Å²) < 4.78 is 21.1. The van der Waals surface area contributed by atoms with Crippen LogP contribution in [0.5, 0.6) is 0 Å². The van der Waals surface area contributed by atoms with Crippen molar-refractivity contribution in [3.05, 3.63) is 35.9 Å². The number of ether oxygens (including phenoxy) is 4. The first kappa shape index (κ1) is 64.1. The zero-order chi connectivity index (χ0) is 56.9. The third kappa shape index (κ3) is 30.2. The minimum absolute atomic E-state index is 0.0137. The number of alkyl carbamates (subject to hydrolysis) is 3. The Morgan fingerprint density at radius 3 is 1.44 bits per heavy atom. The van der Waals surface area contributed by atoms with Gasteiger partial charge in [-0.05, 0) is 93.6 Å². The van der Waals surface area contributed by atoms with E-state index in [9.17, 15) is 38.4 Å². The van der Waals surface area contributed by atoms with Gasteiger partial charge in [0.05, 0.1) is 0 Å². The molecule has 1 aliphatic rings. The number of amides is 7. The normalized spacial score (nSPS) is 12.6. The predicted octanol–water partition coefficient (Wildman–Crippen LogP) is 3.92. The molecule has 2 aromatic rings. The summed E-state index contributed by atoms with van der Waals surface area (Å²) in [7, 11) is 0. The third-order valence-corrected chi connectivity index (χ3v) is 10.7. The molecule has 3 rings (SSSR count). The zero-order valence-electron chi connectivity index (χ0n) is 46.7. The van der Waals surface area contributed by atoms with Crippen molar-refractivity contribution in [2.75, 3.05) is 100 Å². The molecule has 1 fully saturated rings. The van der Waals surface area contributed by atoms with E-state index >= 15 is 0 Å². The maximum atomic E-state index is 13.3. The number of rotatable bonds is 30. The molecular weight excluding hydrogens is 999 g/mol. The summed E-state index contributed by atoms with van der Waals surface area (Å²) in [5, 5.41) is 19.7. The van der Waals surface area contributed by atoms with Gasteiger partial charge in [0.15, 0.2) is 0 Å². The molecule has 430 valence electrons. The van der Waals surface area contributed by atoms with Crippen molar-refractivity contribution < 1.29 is 57.3 Å². The van der Waals surface area contributed by atoms with Gasteiger partial charge in [0, 0.05) is 117 Å². The van der Waals surface area contributed by atoms with Crippen molar-refractivity contribution in [3.8, 4) is 0 Å². The highest BCUT2D eigenvalue weighted by Crippen LogP contribution is 2.20. The molecule has 0 unspecified atom stereocenters. The summed E-state index contributed by atoms with van der Waals surface area (Å²) in [4.78, 5) is 121. The lowest BCUT2D eigenvalue weighted by Gasteiger charge is -2.35. The summed E-state index contributed by atoms with van der Waals surface area (Å²) >= 11 is 0. The number of hydrogen-bond acceptors (Lipinski definition) is 18. The van der Waals surface area contributed by atoms with Crippen LogP contribution in [-0.4, -0.2) is 170 Å². The van der Waals surface area contributed by atoms with Crippen LogP contribution in [0.1, 0.15) is 126 Å². The maximum absolute atomic E-state index is 13.3. The Morgan fingerprint density at radius 2 is 0.974 bits per heavy atom. The highest BCUT2D eigenvalue weighted by molar-refractivity contribution is 5.79. The fourth-order valence-electron chi connectivity index (χ4n) is 7.02. The van der Waals surface area contributed by atoms with Crippen molar-refractivity contribution in [3.63, 3.8) is 0 Å². The van der Waals surface area contributed by atoms with Gasteiger partial charge in [-0.1, -0.05) is 30.3 Å². The standard InChI is InChI=1S/C52H85N13O12/c1-50(2,3)75-47(71)57-27-14-24-53-39(66)21-30-56-44-60-45(62-46(61-44)65-35-33-63(34-36-65)42(69)19-13-20-43(70)74-37-38-17-11-10-12-18-38)64(31-22-40(67)54-25-15-28-58-48(72)76-51(4,5)6)32-23-41(68)55-26-16-29-59-49(73)77-52(7,8)9/h10-12,17-18H,13-16,19-37H2,1-9H3,(H,53,66)(H,54,67)(H,55,68)(H,57,71)(H,58,72)(H,59,73)(H,56,60,61,62). The summed E-state index contributed by atoms with van der Waals surface area (Å²) in [5.74, 6) is -0.770. The van der Waals surface area contributed by atoms with E-state index < -0.39 is 35.1 Å². The molecule has 7 N–H and O–H groups in total. The fourth-order valence-corrected chi connectivity index (χ4v) is 7.02. The fraction of sp³-hybridized carbons (Fsp3) is 0.673. The Morgan fingerprint density at radius 1 is 0.519 bits per heavy atom. The number of hydrogen-bond donors (Lipinski definition) is 7. The molecule has 0 bridgehead atoms. The molecule has 25 nitrogen and oxygen atoms in total. The number of aromatic nitrogens is 3. The second-order valence-electron chi connectivity index (χ2n) is 21.2. The lowest BCUT2D eigenvalue weighted by molar-refractivity contribution is -0.145. The van der Waals surface area contributed by atoms with Crippen LogP contribution in [0.4, 0.5) is 32.2 Å². The number of nitrogens with zero attached hydrogens (tertiary/aromatic N) is 6. The van der Waals surface area contributed by atoms with Crippen LogP contribution < -0.4 is 47.0 Å². The molecule has 2 heterocycles. The summed E-state index contributed by atoms with van der Waals surface area (Å²) in [6, 6.07) is 9.35. The van der Waals surface area contributed by atoms with Gasteiger partial charge in [-0.15, -0.1) is 0 Å². The largest absolute Gasteiger partial charge is 0.461 e. The molecule has 1 aliphatic heterocycles. The van der Waals surface area contributed by atoms with Crippen LogP contribution in [0, 0.1) is 0 Å². The third-order valence-electron chi connectivity index (χ3n) is 10.7. The zero-order valence-corrected chi connectivity index (χ0v) is 46.7. The quantitative estimate of drug-likeness (QED) is 0.0331. The molecule has 0 saturated carbocycles. The van der Waals surface area contributed by atoms with Gasteiger partial charge in [-0.3, -0.25) is 24.0 Å². The molecule has 0 radical (unpaired) electrons. The van der Waals surface area contributed by atoms with E-state index in [4.69, 9.17) is 33.9 Å². The van der Waals surface area contributed by atoms with Gasteiger partial charge >= 0.3 is 24.2 Å². The van der Waals surface area contributed by atoms with E-state index in [1.54, 1.807) is 72.1 Å². The number of anilines is 3. The van der Waals surface area contributed by atoms with Crippen LogP contribution >= 0.6 is 0 Å². The molecule has 77 heavy (non-hydrogen) atoms. The number of carbonyl (C=O) groups excluding carboxylic acids is 8. The molecule has 0 atom stereocenters. The van der Waals surface area contributed by atoms with Crippen LogP contribution in [0.15, 0.2) is 30.3 Å². The minimum Gasteiger partial charge on any atom is -0.461 e. The smallest absolute Gasteiger partial charge is 0.407 e. The predicted molar refractivity (Wildman–Crippen MR) is 289 cm³/mol. The van der Waals surface area contributed by atoms with E-state index in [2.05, 4.69) is 37.2 Å². The number of carbonyl (C=O) groups is 8. The lowest BCUT2D eigenvalue weighted by Crippen LogP contribution is -2.49. The molecule has 0 spiro atoms. The molecule has 25 heteroatoms. The van der Waals surface area contributed by atoms with E-state index in [1.165, 1.54) is 0 Å². The number of piperazine rings is 1. The molecule has 0 aliphatic carbocycles. The summed E-state index contributed by atoms with van der Waals surface area (Å²) in [5.41, 5.74) is -1.05. The first-order valence-corrected chi connectivity index (χ1v) is 26.5. The highest BCUT2D eigenvalue weighted by Gasteiger charge is 2.26. The van der Waals surface area contributed by atoms with Crippen molar-refractivity contribution in [2.24, 2.45) is 0 Å². The van der Waals surface area contributed by atoms with E-state index in [1.807, 2.05) is 35.2 Å².